The van der Waals surface area contributed by atoms with Crippen LogP contribution in [0.4, 0.5) is 24.5 Å². The summed E-state index contributed by atoms with van der Waals surface area (Å²) in [6.07, 6.45) is -1.10. The number of amides is 1. The van der Waals surface area contributed by atoms with E-state index in [1.54, 1.807) is 41.3 Å². The first-order chi connectivity index (χ1) is 14.8. The molecule has 31 heavy (non-hydrogen) atoms. The van der Waals surface area contributed by atoms with E-state index in [1.165, 1.54) is 6.07 Å². The van der Waals surface area contributed by atoms with Gasteiger partial charge in [0.25, 0.3) is 5.91 Å². The summed E-state index contributed by atoms with van der Waals surface area (Å²) >= 11 is 3.32. The minimum absolute atomic E-state index is 0.113. The molecule has 162 valence electrons. The molecule has 4 rings (SSSR count). The van der Waals surface area contributed by atoms with Gasteiger partial charge in [-0.25, -0.2) is 4.68 Å². The molecule has 10 heteroatoms. The summed E-state index contributed by atoms with van der Waals surface area (Å²) < 4.78 is 47.5. The van der Waals surface area contributed by atoms with E-state index in [4.69, 9.17) is 4.74 Å². The number of benzene rings is 2. The van der Waals surface area contributed by atoms with E-state index < -0.39 is 17.6 Å². The number of alkyl halides is 3. The second-order valence-electron chi connectivity index (χ2n) is 6.93. The van der Waals surface area contributed by atoms with Gasteiger partial charge in [-0.05, 0) is 58.4 Å². The molecule has 0 radical (unpaired) electrons. The Morgan fingerprint density at radius 2 is 1.81 bits per heavy atom. The molecule has 2 heterocycles. The fraction of sp³-hybridized carbons (Fsp3) is 0.238. The monoisotopic (exact) mass is 494 g/mol. The Labute approximate surface area is 184 Å². The van der Waals surface area contributed by atoms with Gasteiger partial charge in [0.05, 0.1) is 46.5 Å². The molecule has 3 aromatic rings. The van der Waals surface area contributed by atoms with Crippen molar-refractivity contribution in [2.24, 2.45) is 0 Å². The third-order valence-electron chi connectivity index (χ3n) is 4.87. The third-order valence-corrected chi connectivity index (χ3v) is 5.28. The van der Waals surface area contributed by atoms with Crippen molar-refractivity contribution in [1.29, 1.82) is 0 Å². The summed E-state index contributed by atoms with van der Waals surface area (Å²) in [7, 11) is 0. The van der Waals surface area contributed by atoms with E-state index in [9.17, 15) is 18.0 Å². The standard InChI is InChI=1S/C21H18BrF3N4O2/c22-16-12-26-29(13-16)17-4-1-14(2-5-17)20(30)27-18-11-15(21(23,24)25)3-6-19(18)28-7-9-31-10-8-28/h1-6,11-13H,7-10H2,(H,27,30). The molecular formula is C21H18BrF3N4O2. The molecule has 0 atom stereocenters. The van der Waals surface area contributed by atoms with Gasteiger partial charge in [0.1, 0.15) is 0 Å². The highest BCUT2D eigenvalue weighted by molar-refractivity contribution is 9.10. The molecule has 1 fully saturated rings. The fourth-order valence-electron chi connectivity index (χ4n) is 3.29. The summed E-state index contributed by atoms with van der Waals surface area (Å²) in [5.74, 6) is -0.498. The van der Waals surface area contributed by atoms with Crippen LogP contribution in [0.3, 0.4) is 0 Å². The molecule has 1 saturated heterocycles. The molecular weight excluding hydrogens is 477 g/mol. The van der Waals surface area contributed by atoms with Gasteiger partial charge in [0.15, 0.2) is 0 Å². The van der Waals surface area contributed by atoms with Crippen LogP contribution in [-0.2, 0) is 10.9 Å². The van der Waals surface area contributed by atoms with Crippen molar-refractivity contribution in [3.63, 3.8) is 0 Å². The zero-order valence-electron chi connectivity index (χ0n) is 16.2. The summed E-state index contributed by atoms with van der Waals surface area (Å²) in [6.45, 7) is 2.00. The van der Waals surface area contributed by atoms with E-state index in [0.29, 0.717) is 37.6 Å². The average Bonchev–Trinajstić information content (AvgIpc) is 3.20. The minimum Gasteiger partial charge on any atom is -0.378 e. The molecule has 0 bridgehead atoms. The molecule has 0 unspecified atom stereocenters. The van der Waals surface area contributed by atoms with Crippen LogP contribution in [0.5, 0.6) is 0 Å². The maximum absolute atomic E-state index is 13.3. The highest BCUT2D eigenvalue weighted by atomic mass is 79.9. The Bertz CT molecular complexity index is 1080. The van der Waals surface area contributed by atoms with E-state index >= 15 is 0 Å². The lowest BCUT2D eigenvalue weighted by atomic mass is 10.1. The summed E-state index contributed by atoms with van der Waals surface area (Å²) in [5, 5.41) is 6.82. The number of hydrogen-bond donors (Lipinski definition) is 1. The molecule has 2 aromatic carbocycles. The van der Waals surface area contributed by atoms with Crippen molar-refractivity contribution in [2.75, 3.05) is 36.5 Å². The number of hydrogen-bond acceptors (Lipinski definition) is 4. The first-order valence-electron chi connectivity index (χ1n) is 9.47. The Kier molecular flexibility index (Phi) is 6.01. The summed E-state index contributed by atoms with van der Waals surface area (Å²) in [6, 6.07) is 10.0. The lowest BCUT2D eigenvalue weighted by Crippen LogP contribution is -2.36. The van der Waals surface area contributed by atoms with Crippen molar-refractivity contribution in [3.05, 3.63) is 70.5 Å². The maximum Gasteiger partial charge on any atom is 0.416 e. The highest BCUT2D eigenvalue weighted by Crippen LogP contribution is 2.36. The molecule has 6 nitrogen and oxygen atoms in total. The van der Waals surface area contributed by atoms with Crippen LogP contribution in [0.2, 0.25) is 0 Å². The van der Waals surface area contributed by atoms with Gasteiger partial charge < -0.3 is 15.0 Å². The molecule has 0 saturated carbocycles. The predicted molar refractivity (Wildman–Crippen MR) is 114 cm³/mol. The van der Waals surface area contributed by atoms with Gasteiger partial charge in [-0.2, -0.15) is 18.3 Å². The number of anilines is 2. The van der Waals surface area contributed by atoms with Gasteiger partial charge in [-0.1, -0.05) is 0 Å². The number of carbonyl (C=O) groups is 1. The second kappa shape index (κ2) is 8.72. The zero-order chi connectivity index (χ0) is 22.0. The quantitative estimate of drug-likeness (QED) is 0.568. The molecule has 1 aliphatic rings. The van der Waals surface area contributed by atoms with E-state index in [-0.39, 0.29) is 5.69 Å². The Morgan fingerprint density at radius 1 is 1.10 bits per heavy atom. The number of ether oxygens (including phenoxy) is 1. The zero-order valence-corrected chi connectivity index (χ0v) is 17.8. The third kappa shape index (κ3) is 4.91. The number of nitrogens with zero attached hydrogens (tertiary/aromatic N) is 3. The smallest absolute Gasteiger partial charge is 0.378 e. The lowest BCUT2D eigenvalue weighted by Gasteiger charge is -2.31. The number of carbonyl (C=O) groups excluding carboxylic acids is 1. The van der Waals surface area contributed by atoms with Crippen molar-refractivity contribution >= 4 is 33.2 Å². The molecule has 1 aliphatic heterocycles. The fourth-order valence-corrected chi connectivity index (χ4v) is 3.58. The van der Waals surface area contributed by atoms with Crippen molar-refractivity contribution in [2.45, 2.75) is 6.18 Å². The molecule has 0 spiro atoms. The summed E-state index contributed by atoms with van der Waals surface area (Å²) in [5.41, 5.74) is 0.888. The number of aromatic nitrogens is 2. The second-order valence-corrected chi connectivity index (χ2v) is 7.85. The van der Waals surface area contributed by atoms with E-state index in [0.717, 1.165) is 22.3 Å². The minimum atomic E-state index is -4.51. The molecule has 0 aliphatic carbocycles. The van der Waals surface area contributed by atoms with Crippen LogP contribution in [0.1, 0.15) is 15.9 Å². The number of morpholine rings is 1. The molecule has 1 aromatic heterocycles. The van der Waals surface area contributed by atoms with Crippen molar-refractivity contribution < 1.29 is 22.7 Å². The van der Waals surface area contributed by atoms with Gasteiger partial charge in [-0.3, -0.25) is 4.79 Å². The van der Waals surface area contributed by atoms with Crippen molar-refractivity contribution in [1.82, 2.24) is 9.78 Å². The number of rotatable bonds is 4. The topological polar surface area (TPSA) is 59.4 Å². The Balaban J connectivity index is 1.59. The number of halogens is 4. The summed E-state index contributed by atoms with van der Waals surface area (Å²) in [4.78, 5) is 14.7. The number of nitrogens with one attached hydrogen (secondary N) is 1. The Morgan fingerprint density at radius 3 is 2.42 bits per heavy atom. The van der Waals surface area contributed by atoms with Crippen molar-refractivity contribution in [3.8, 4) is 5.69 Å². The first-order valence-corrected chi connectivity index (χ1v) is 10.3. The predicted octanol–water partition coefficient (Wildman–Crippen LogP) is 4.74. The van der Waals surface area contributed by atoms with Crippen LogP contribution in [-0.4, -0.2) is 42.0 Å². The van der Waals surface area contributed by atoms with Crippen LogP contribution in [0.25, 0.3) is 5.69 Å². The van der Waals surface area contributed by atoms with Gasteiger partial charge in [0.2, 0.25) is 0 Å². The normalized spacial score (nSPS) is 14.5. The molecule has 1 amide bonds. The lowest BCUT2D eigenvalue weighted by molar-refractivity contribution is -0.137. The van der Waals surface area contributed by atoms with Gasteiger partial charge in [0, 0.05) is 24.8 Å². The van der Waals surface area contributed by atoms with E-state index in [1.807, 2.05) is 4.90 Å². The largest absolute Gasteiger partial charge is 0.416 e. The van der Waals surface area contributed by atoms with Gasteiger partial charge >= 0.3 is 6.18 Å². The molecule has 1 N–H and O–H groups in total. The van der Waals surface area contributed by atoms with Crippen LogP contribution in [0, 0.1) is 0 Å². The van der Waals surface area contributed by atoms with Crippen LogP contribution in [0.15, 0.2) is 59.3 Å². The first kappa shape index (κ1) is 21.4. The SMILES string of the molecule is O=C(Nc1cc(C(F)(F)F)ccc1N1CCOCC1)c1ccc(-n2cc(Br)cn2)cc1. The van der Waals surface area contributed by atoms with Crippen LogP contribution >= 0.6 is 15.9 Å². The van der Waals surface area contributed by atoms with E-state index in [2.05, 4.69) is 26.3 Å². The van der Waals surface area contributed by atoms with Crippen LogP contribution < -0.4 is 10.2 Å². The van der Waals surface area contributed by atoms with Gasteiger partial charge in [-0.15, -0.1) is 0 Å². The highest BCUT2D eigenvalue weighted by Gasteiger charge is 2.32. The maximum atomic E-state index is 13.3. The Hall–Kier alpha value is -2.85. The average molecular weight is 495 g/mol.